The Morgan fingerprint density at radius 1 is 1.10 bits per heavy atom. The molecule has 2 fully saturated rings. The number of piperidine rings is 1. The second-order valence-corrected chi connectivity index (χ2v) is 8.57. The fourth-order valence-electron chi connectivity index (χ4n) is 4.50. The van der Waals surface area contributed by atoms with Crippen molar-refractivity contribution in [2.24, 2.45) is 0 Å². The molecule has 30 heavy (non-hydrogen) atoms. The Kier molecular flexibility index (Phi) is 4.95. The summed E-state index contributed by atoms with van der Waals surface area (Å²) in [6, 6.07) is 12.2. The first-order valence-electron chi connectivity index (χ1n) is 10.8. The molecule has 6 nitrogen and oxygen atoms in total. The Balaban J connectivity index is 1.51. The molecule has 0 spiro atoms. The predicted molar refractivity (Wildman–Crippen MR) is 116 cm³/mol. The molecule has 1 aliphatic heterocycles. The maximum Gasteiger partial charge on any atom is 0.257 e. The topological polar surface area (TPSA) is 54.5 Å². The summed E-state index contributed by atoms with van der Waals surface area (Å²) in [5.74, 6) is 1.29. The summed E-state index contributed by atoms with van der Waals surface area (Å²) in [6.07, 6.45) is 7.70. The van der Waals surface area contributed by atoms with Crippen molar-refractivity contribution >= 4 is 5.91 Å². The number of benzene rings is 1. The zero-order chi connectivity index (χ0) is 20.7. The normalized spacial score (nSPS) is 17.9. The van der Waals surface area contributed by atoms with E-state index in [1.54, 1.807) is 12.5 Å². The van der Waals surface area contributed by atoms with Crippen LogP contribution >= 0.6 is 0 Å². The molecule has 156 valence electrons. The van der Waals surface area contributed by atoms with Crippen LogP contribution in [0.1, 0.15) is 47.7 Å². The van der Waals surface area contributed by atoms with E-state index >= 15 is 0 Å². The summed E-state index contributed by atoms with van der Waals surface area (Å²) >= 11 is 0. The number of carbonyl (C=O) groups is 1. The second-order valence-electron chi connectivity index (χ2n) is 8.57. The number of hydrogen-bond acceptors (Lipinski definition) is 4. The lowest BCUT2D eigenvalue weighted by Gasteiger charge is -2.35. The Morgan fingerprint density at radius 3 is 2.57 bits per heavy atom. The number of hydrogen-bond donors (Lipinski definition) is 0. The molecule has 1 aromatic carbocycles. The minimum Gasteiger partial charge on any atom is -0.464 e. The monoisotopic (exact) mass is 404 g/mol. The van der Waals surface area contributed by atoms with E-state index in [0.29, 0.717) is 12.0 Å². The van der Waals surface area contributed by atoms with Crippen LogP contribution in [0.3, 0.4) is 0 Å². The van der Waals surface area contributed by atoms with Crippen LogP contribution in [0, 0.1) is 0 Å². The minimum absolute atomic E-state index is 0.0909. The number of amides is 1. The lowest BCUT2D eigenvalue weighted by molar-refractivity contribution is 0.0658. The quantitative estimate of drug-likeness (QED) is 0.640. The van der Waals surface area contributed by atoms with Gasteiger partial charge >= 0.3 is 0 Å². The van der Waals surface area contributed by atoms with E-state index in [9.17, 15) is 4.79 Å². The molecule has 0 bridgehead atoms. The summed E-state index contributed by atoms with van der Waals surface area (Å²) in [7, 11) is 4.09. The molecule has 1 amide bonds. The van der Waals surface area contributed by atoms with E-state index in [1.165, 1.54) is 0 Å². The standard InChI is InChI=1S/C24H28N4O2/c1-26-13-11-18(12-14-26)27(2)24(29)20-16-25-28(23(20)17-9-10-17)21-7-4-3-6-19(21)22-8-5-15-30-22/h3-8,15-18H,9-14H2,1-2H3. The van der Waals surface area contributed by atoms with E-state index < -0.39 is 0 Å². The summed E-state index contributed by atoms with van der Waals surface area (Å²) < 4.78 is 7.62. The third-order valence-corrected chi connectivity index (χ3v) is 6.48. The summed E-state index contributed by atoms with van der Waals surface area (Å²) in [4.78, 5) is 17.7. The van der Waals surface area contributed by atoms with Gasteiger partial charge in [-0.05, 0) is 70.1 Å². The first kappa shape index (κ1) is 19.1. The van der Waals surface area contributed by atoms with Gasteiger partial charge in [0.05, 0.1) is 29.4 Å². The molecule has 2 aromatic heterocycles. The predicted octanol–water partition coefficient (Wildman–Crippen LogP) is 4.18. The largest absolute Gasteiger partial charge is 0.464 e. The second kappa shape index (κ2) is 7.76. The van der Waals surface area contributed by atoms with Gasteiger partial charge in [-0.3, -0.25) is 4.79 Å². The highest BCUT2D eigenvalue weighted by molar-refractivity contribution is 5.95. The van der Waals surface area contributed by atoms with Crippen LogP contribution in [0.15, 0.2) is 53.3 Å². The highest BCUT2D eigenvalue weighted by Gasteiger charge is 2.35. The van der Waals surface area contributed by atoms with E-state index in [2.05, 4.69) is 11.9 Å². The average Bonchev–Trinajstić information content (AvgIpc) is 3.28. The average molecular weight is 405 g/mol. The van der Waals surface area contributed by atoms with Crippen LogP contribution in [-0.2, 0) is 0 Å². The van der Waals surface area contributed by atoms with Crippen LogP contribution in [0.5, 0.6) is 0 Å². The van der Waals surface area contributed by atoms with Gasteiger partial charge in [0.1, 0.15) is 5.76 Å². The Bertz CT molecular complexity index is 1030. The number of carbonyl (C=O) groups excluding carboxylic acids is 1. The lowest BCUT2D eigenvalue weighted by Crippen LogP contribution is -2.44. The number of rotatable bonds is 5. The maximum absolute atomic E-state index is 13.5. The van der Waals surface area contributed by atoms with E-state index in [-0.39, 0.29) is 5.91 Å². The van der Waals surface area contributed by atoms with Crippen LogP contribution in [-0.4, -0.2) is 58.7 Å². The smallest absolute Gasteiger partial charge is 0.257 e. The van der Waals surface area contributed by atoms with Crippen LogP contribution in [0.4, 0.5) is 0 Å². The van der Waals surface area contributed by atoms with E-state index in [0.717, 1.165) is 67.0 Å². The maximum atomic E-state index is 13.5. The molecular weight excluding hydrogens is 376 g/mol. The Morgan fingerprint density at radius 2 is 1.87 bits per heavy atom. The summed E-state index contributed by atoms with van der Waals surface area (Å²) in [5, 5.41) is 4.70. The van der Waals surface area contributed by atoms with Gasteiger partial charge in [-0.25, -0.2) is 4.68 Å². The molecule has 2 aliphatic rings. The van der Waals surface area contributed by atoms with Crippen molar-refractivity contribution in [2.75, 3.05) is 27.2 Å². The summed E-state index contributed by atoms with van der Waals surface area (Å²) in [6.45, 7) is 2.07. The molecule has 1 saturated heterocycles. The number of nitrogens with zero attached hydrogens (tertiary/aromatic N) is 4. The van der Waals surface area contributed by atoms with Crippen molar-refractivity contribution in [3.63, 3.8) is 0 Å². The number of aromatic nitrogens is 2. The lowest BCUT2D eigenvalue weighted by atomic mass is 10.0. The van der Waals surface area contributed by atoms with Crippen molar-refractivity contribution in [1.29, 1.82) is 0 Å². The highest BCUT2D eigenvalue weighted by atomic mass is 16.3. The van der Waals surface area contributed by atoms with Gasteiger partial charge in [-0.2, -0.15) is 5.10 Å². The third kappa shape index (κ3) is 3.45. The van der Waals surface area contributed by atoms with E-state index in [4.69, 9.17) is 9.52 Å². The van der Waals surface area contributed by atoms with Gasteiger partial charge in [0, 0.05) is 24.6 Å². The minimum atomic E-state index is 0.0909. The molecule has 1 saturated carbocycles. The zero-order valence-electron chi connectivity index (χ0n) is 17.6. The molecule has 1 aliphatic carbocycles. The summed E-state index contributed by atoms with van der Waals surface area (Å²) in [5.41, 5.74) is 3.72. The number of likely N-dealkylation sites (tertiary alicyclic amines) is 1. The molecule has 0 N–H and O–H groups in total. The van der Waals surface area contributed by atoms with Crippen molar-refractivity contribution in [2.45, 2.75) is 37.6 Å². The molecule has 3 heterocycles. The van der Waals surface area contributed by atoms with Crippen molar-refractivity contribution in [1.82, 2.24) is 19.6 Å². The molecule has 6 heteroatoms. The third-order valence-electron chi connectivity index (χ3n) is 6.48. The Labute approximate surface area is 177 Å². The first-order valence-corrected chi connectivity index (χ1v) is 10.8. The number of para-hydroxylation sites is 1. The van der Waals surface area contributed by atoms with Gasteiger partial charge in [0.15, 0.2) is 0 Å². The molecule has 5 rings (SSSR count). The van der Waals surface area contributed by atoms with Gasteiger partial charge in [-0.15, -0.1) is 0 Å². The molecule has 0 radical (unpaired) electrons. The molecule has 3 aromatic rings. The fourth-order valence-corrected chi connectivity index (χ4v) is 4.50. The van der Waals surface area contributed by atoms with Crippen LogP contribution < -0.4 is 0 Å². The zero-order valence-corrected chi connectivity index (χ0v) is 17.6. The molecule has 0 atom stereocenters. The van der Waals surface area contributed by atoms with E-state index in [1.807, 2.05) is 53.0 Å². The van der Waals surface area contributed by atoms with Gasteiger partial charge in [0.25, 0.3) is 5.91 Å². The SMILES string of the molecule is CN1CCC(N(C)C(=O)c2cnn(-c3ccccc3-c3ccco3)c2C2CC2)CC1. The van der Waals surface area contributed by atoms with Gasteiger partial charge in [0.2, 0.25) is 0 Å². The molecular formula is C24H28N4O2. The Hall–Kier alpha value is -2.86. The van der Waals surface area contributed by atoms with Crippen molar-refractivity contribution < 1.29 is 9.21 Å². The van der Waals surface area contributed by atoms with Crippen molar-refractivity contribution in [3.05, 3.63) is 60.1 Å². The number of furan rings is 1. The van der Waals surface area contributed by atoms with Gasteiger partial charge in [-0.1, -0.05) is 12.1 Å². The van der Waals surface area contributed by atoms with Gasteiger partial charge < -0.3 is 14.2 Å². The van der Waals surface area contributed by atoms with Crippen molar-refractivity contribution in [3.8, 4) is 17.0 Å². The molecule has 0 unspecified atom stereocenters. The first-order chi connectivity index (χ1) is 14.6. The highest BCUT2D eigenvalue weighted by Crippen LogP contribution is 2.43. The fraction of sp³-hybridized carbons (Fsp3) is 0.417. The van der Waals surface area contributed by atoms with Crippen LogP contribution in [0.25, 0.3) is 17.0 Å². The van der Waals surface area contributed by atoms with Crippen LogP contribution in [0.2, 0.25) is 0 Å².